The molecule has 3 aromatic rings. The summed E-state index contributed by atoms with van der Waals surface area (Å²) >= 11 is 0. The highest BCUT2D eigenvalue weighted by Crippen LogP contribution is 2.38. The van der Waals surface area contributed by atoms with Crippen molar-refractivity contribution in [2.75, 3.05) is 0 Å². The maximum atomic E-state index is 13.6. The van der Waals surface area contributed by atoms with E-state index in [1.165, 1.54) is 23.9 Å². The Hall–Kier alpha value is -3.14. The van der Waals surface area contributed by atoms with Crippen LogP contribution in [0.3, 0.4) is 0 Å². The number of benzene rings is 2. The van der Waals surface area contributed by atoms with Gasteiger partial charge in [0.1, 0.15) is 11.9 Å². The molecule has 1 aromatic heterocycles. The van der Waals surface area contributed by atoms with Gasteiger partial charge in [0.05, 0.1) is 5.69 Å². The fourth-order valence-electron chi connectivity index (χ4n) is 4.06. The van der Waals surface area contributed by atoms with Crippen LogP contribution >= 0.6 is 0 Å². The molecule has 0 N–H and O–H groups in total. The number of ether oxygens (including phenoxy) is 1. The van der Waals surface area contributed by atoms with E-state index < -0.39 is 0 Å². The van der Waals surface area contributed by atoms with Gasteiger partial charge in [0.25, 0.3) is 0 Å². The zero-order chi connectivity index (χ0) is 21.1. The van der Waals surface area contributed by atoms with Crippen molar-refractivity contribution in [2.45, 2.75) is 45.3 Å². The van der Waals surface area contributed by atoms with E-state index in [9.17, 15) is 9.18 Å². The van der Waals surface area contributed by atoms with Crippen LogP contribution in [0.1, 0.15) is 38.3 Å². The van der Waals surface area contributed by atoms with Crippen molar-refractivity contribution in [1.29, 1.82) is 0 Å². The Balaban J connectivity index is 1.79. The van der Waals surface area contributed by atoms with Crippen LogP contribution in [0, 0.1) is 5.82 Å². The summed E-state index contributed by atoms with van der Waals surface area (Å²) in [7, 11) is 0. The van der Waals surface area contributed by atoms with E-state index in [2.05, 4.69) is 36.6 Å². The third-order valence-corrected chi connectivity index (χ3v) is 5.53. The summed E-state index contributed by atoms with van der Waals surface area (Å²) in [6.07, 6.45) is 4.72. The molecule has 30 heavy (non-hydrogen) atoms. The molecule has 0 fully saturated rings. The van der Waals surface area contributed by atoms with Gasteiger partial charge in [-0.2, -0.15) is 0 Å². The molecular formula is C26H26FNO2. The van der Waals surface area contributed by atoms with Gasteiger partial charge < -0.3 is 9.30 Å². The van der Waals surface area contributed by atoms with E-state index in [1.807, 2.05) is 36.4 Å². The number of carbonyl (C=O) groups excluding carboxylic acids is 1. The fraction of sp³-hybridized carbons (Fsp3) is 0.269. The number of hydrogen-bond donors (Lipinski definition) is 0. The first-order chi connectivity index (χ1) is 14.5. The summed E-state index contributed by atoms with van der Waals surface area (Å²) in [5.41, 5.74) is 5.52. The second-order valence-corrected chi connectivity index (χ2v) is 8.00. The standard InChI is InChI=1S/C26H26FNO2/c1-18(2)24-17-23(19-7-4-3-5-8-19)26(20-11-13-21(27)14-12-20)28(24)16-15-22-9-6-10-25(29)30-22/h3-8,10-14,17-18,22H,9,15-16H2,1-2H3/t22-/m0/s1. The molecule has 1 aliphatic heterocycles. The quantitative estimate of drug-likeness (QED) is 0.449. The first kappa shape index (κ1) is 20.1. The van der Waals surface area contributed by atoms with Gasteiger partial charge in [-0.1, -0.05) is 50.3 Å². The fourth-order valence-corrected chi connectivity index (χ4v) is 4.06. The van der Waals surface area contributed by atoms with Crippen molar-refractivity contribution in [3.63, 3.8) is 0 Å². The highest BCUT2D eigenvalue weighted by Gasteiger charge is 2.22. The number of esters is 1. The van der Waals surface area contributed by atoms with E-state index in [1.54, 1.807) is 0 Å². The molecule has 0 amide bonds. The molecule has 0 saturated carbocycles. The molecule has 0 bridgehead atoms. The summed E-state index contributed by atoms with van der Waals surface area (Å²) in [6, 6.07) is 19.2. The third kappa shape index (κ3) is 4.23. The molecule has 0 unspecified atom stereocenters. The van der Waals surface area contributed by atoms with Crippen LogP contribution < -0.4 is 0 Å². The maximum absolute atomic E-state index is 13.6. The van der Waals surface area contributed by atoms with Crippen molar-refractivity contribution < 1.29 is 13.9 Å². The normalized spacial score (nSPS) is 16.1. The van der Waals surface area contributed by atoms with Crippen molar-refractivity contribution in [2.24, 2.45) is 0 Å². The highest BCUT2D eigenvalue weighted by molar-refractivity contribution is 5.83. The molecule has 2 aromatic carbocycles. The number of aromatic nitrogens is 1. The van der Waals surface area contributed by atoms with Gasteiger partial charge in [-0.05, 0) is 47.4 Å². The molecule has 1 atom stereocenters. The zero-order valence-corrected chi connectivity index (χ0v) is 17.3. The monoisotopic (exact) mass is 403 g/mol. The predicted octanol–water partition coefficient (Wildman–Crippen LogP) is 6.35. The number of halogens is 1. The molecule has 4 rings (SSSR count). The van der Waals surface area contributed by atoms with E-state index >= 15 is 0 Å². The summed E-state index contributed by atoms with van der Waals surface area (Å²) in [6.45, 7) is 5.08. The summed E-state index contributed by atoms with van der Waals surface area (Å²) in [5.74, 6) is -0.204. The van der Waals surface area contributed by atoms with Crippen LogP contribution in [-0.2, 0) is 16.1 Å². The van der Waals surface area contributed by atoms with Gasteiger partial charge in [0.2, 0.25) is 0 Å². The van der Waals surface area contributed by atoms with Crippen LogP contribution in [0.2, 0.25) is 0 Å². The van der Waals surface area contributed by atoms with Crippen LogP contribution in [0.4, 0.5) is 4.39 Å². The van der Waals surface area contributed by atoms with Crippen molar-refractivity contribution >= 4 is 5.97 Å². The Labute approximate surface area is 176 Å². The molecule has 0 aliphatic carbocycles. The van der Waals surface area contributed by atoms with Crippen LogP contribution in [-0.4, -0.2) is 16.6 Å². The second-order valence-electron chi connectivity index (χ2n) is 8.00. The number of nitrogens with zero attached hydrogens (tertiary/aromatic N) is 1. The number of cyclic esters (lactones) is 1. The van der Waals surface area contributed by atoms with Crippen LogP contribution in [0.5, 0.6) is 0 Å². The number of carbonyl (C=O) groups is 1. The highest BCUT2D eigenvalue weighted by atomic mass is 19.1. The van der Waals surface area contributed by atoms with Crippen LogP contribution in [0.15, 0.2) is 72.8 Å². The summed E-state index contributed by atoms with van der Waals surface area (Å²) < 4.78 is 21.4. The largest absolute Gasteiger partial charge is 0.459 e. The Morgan fingerprint density at radius 1 is 1.07 bits per heavy atom. The second kappa shape index (κ2) is 8.70. The lowest BCUT2D eigenvalue weighted by Gasteiger charge is -2.22. The minimum Gasteiger partial charge on any atom is -0.459 e. The minimum absolute atomic E-state index is 0.119. The molecule has 1 aliphatic rings. The first-order valence-corrected chi connectivity index (χ1v) is 10.4. The van der Waals surface area contributed by atoms with Gasteiger partial charge in [-0.15, -0.1) is 0 Å². The van der Waals surface area contributed by atoms with Gasteiger partial charge in [0.15, 0.2) is 0 Å². The van der Waals surface area contributed by atoms with Gasteiger partial charge in [-0.3, -0.25) is 0 Å². The Bertz CT molecular complexity index is 1050. The lowest BCUT2D eigenvalue weighted by Crippen LogP contribution is -2.22. The average molecular weight is 403 g/mol. The molecule has 3 nitrogen and oxygen atoms in total. The number of rotatable bonds is 6. The van der Waals surface area contributed by atoms with Gasteiger partial charge in [-0.25, -0.2) is 9.18 Å². The zero-order valence-electron chi connectivity index (χ0n) is 17.3. The Kier molecular flexibility index (Phi) is 5.84. The molecule has 0 saturated heterocycles. The molecule has 4 heteroatoms. The SMILES string of the molecule is CC(C)c1cc(-c2ccccc2)c(-c2ccc(F)cc2)n1CC[C@@H]1CC=CC(=O)O1. The van der Waals surface area contributed by atoms with E-state index in [-0.39, 0.29) is 17.9 Å². The smallest absolute Gasteiger partial charge is 0.330 e. The lowest BCUT2D eigenvalue weighted by atomic mass is 10.0. The van der Waals surface area contributed by atoms with Crippen molar-refractivity contribution in [1.82, 2.24) is 4.57 Å². The molecule has 154 valence electrons. The van der Waals surface area contributed by atoms with Crippen molar-refractivity contribution in [3.8, 4) is 22.4 Å². The van der Waals surface area contributed by atoms with E-state index in [0.717, 1.165) is 41.8 Å². The Morgan fingerprint density at radius 3 is 2.47 bits per heavy atom. The third-order valence-electron chi connectivity index (χ3n) is 5.53. The van der Waals surface area contributed by atoms with Crippen molar-refractivity contribution in [3.05, 3.63) is 84.3 Å². The summed E-state index contributed by atoms with van der Waals surface area (Å²) in [4.78, 5) is 11.6. The average Bonchev–Trinajstić information content (AvgIpc) is 3.13. The predicted molar refractivity (Wildman–Crippen MR) is 118 cm³/mol. The number of hydrogen-bond acceptors (Lipinski definition) is 2. The minimum atomic E-state index is -0.272. The lowest BCUT2D eigenvalue weighted by molar-refractivity contribution is -0.144. The van der Waals surface area contributed by atoms with E-state index in [0.29, 0.717) is 5.92 Å². The maximum Gasteiger partial charge on any atom is 0.330 e. The molecule has 0 radical (unpaired) electrons. The topological polar surface area (TPSA) is 31.2 Å². The molecule has 0 spiro atoms. The van der Waals surface area contributed by atoms with Gasteiger partial charge >= 0.3 is 5.97 Å². The molecular weight excluding hydrogens is 377 g/mol. The van der Waals surface area contributed by atoms with E-state index in [4.69, 9.17) is 4.74 Å². The summed E-state index contributed by atoms with van der Waals surface area (Å²) in [5, 5.41) is 0. The molecule has 2 heterocycles. The van der Waals surface area contributed by atoms with Crippen LogP contribution in [0.25, 0.3) is 22.4 Å². The van der Waals surface area contributed by atoms with Gasteiger partial charge in [0, 0.05) is 36.7 Å². The first-order valence-electron chi connectivity index (χ1n) is 10.4. The Morgan fingerprint density at radius 2 is 1.80 bits per heavy atom.